The maximum Gasteiger partial charge on any atom is 0.242 e. The summed E-state index contributed by atoms with van der Waals surface area (Å²) in [6.45, 7) is 1.93. The SMILES string of the molecule is Cc1cnc(SCCC(N)(C(N)=O)c2ccccc2)nc1. The number of primary amides is 1. The molecule has 1 aromatic carbocycles. The summed E-state index contributed by atoms with van der Waals surface area (Å²) in [5.41, 5.74) is 12.3. The van der Waals surface area contributed by atoms with Gasteiger partial charge in [0, 0.05) is 18.1 Å². The molecular weight excluding hydrogens is 284 g/mol. The predicted octanol–water partition coefficient (Wildman–Crippen LogP) is 1.61. The van der Waals surface area contributed by atoms with Crippen molar-refractivity contribution in [2.45, 2.75) is 24.0 Å². The summed E-state index contributed by atoms with van der Waals surface area (Å²) in [6, 6.07) is 9.20. The number of carbonyl (C=O) groups is 1. The third kappa shape index (κ3) is 3.80. The molecule has 0 bridgehead atoms. The van der Waals surface area contributed by atoms with Crippen LogP contribution >= 0.6 is 11.8 Å². The van der Waals surface area contributed by atoms with E-state index in [4.69, 9.17) is 11.5 Å². The monoisotopic (exact) mass is 302 g/mol. The minimum absolute atomic E-state index is 0.425. The van der Waals surface area contributed by atoms with Gasteiger partial charge in [-0.05, 0) is 24.5 Å². The average Bonchev–Trinajstić information content (AvgIpc) is 2.50. The fourth-order valence-corrected chi connectivity index (χ4v) is 2.77. The number of hydrogen-bond donors (Lipinski definition) is 2. The smallest absolute Gasteiger partial charge is 0.242 e. The molecular formula is C15H18N4OS. The second kappa shape index (κ2) is 6.69. The second-order valence-electron chi connectivity index (χ2n) is 4.84. The van der Waals surface area contributed by atoms with E-state index >= 15 is 0 Å². The number of aryl methyl sites for hydroxylation is 1. The Morgan fingerprint density at radius 1 is 1.24 bits per heavy atom. The summed E-state index contributed by atoms with van der Waals surface area (Å²) in [5.74, 6) is 0.0799. The van der Waals surface area contributed by atoms with Crippen LogP contribution in [0.5, 0.6) is 0 Å². The Balaban J connectivity index is 2.04. The zero-order valence-electron chi connectivity index (χ0n) is 11.8. The fourth-order valence-electron chi connectivity index (χ4n) is 1.90. The molecule has 0 spiro atoms. The van der Waals surface area contributed by atoms with Crippen LogP contribution in [0.15, 0.2) is 47.9 Å². The molecule has 21 heavy (non-hydrogen) atoms. The van der Waals surface area contributed by atoms with E-state index in [1.54, 1.807) is 12.4 Å². The van der Waals surface area contributed by atoms with Gasteiger partial charge in [0.05, 0.1) is 0 Å². The van der Waals surface area contributed by atoms with E-state index in [2.05, 4.69) is 9.97 Å². The lowest BCUT2D eigenvalue weighted by molar-refractivity contribution is -0.123. The van der Waals surface area contributed by atoms with Gasteiger partial charge in [0.25, 0.3) is 0 Å². The molecule has 0 aliphatic carbocycles. The van der Waals surface area contributed by atoms with E-state index in [0.29, 0.717) is 17.3 Å². The number of thioether (sulfide) groups is 1. The maximum atomic E-state index is 11.8. The average molecular weight is 302 g/mol. The Morgan fingerprint density at radius 2 is 1.86 bits per heavy atom. The number of hydrogen-bond acceptors (Lipinski definition) is 5. The van der Waals surface area contributed by atoms with Crippen molar-refractivity contribution in [2.24, 2.45) is 11.5 Å². The van der Waals surface area contributed by atoms with Gasteiger partial charge >= 0.3 is 0 Å². The zero-order valence-corrected chi connectivity index (χ0v) is 12.6. The third-order valence-corrected chi connectivity index (χ3v) is 4.09. The van der Waals surface area contributed by atoms with Crippen molar-refractivity contribution < 1.29 is 4.79 Å². The molecule has 1 unspecified atom stereocenters. The van der Waals surface area contributed by atoms with Gasteiger partial charge in [0.2, 0.25) is 5.91 Å². The summed E-state index contributed by atoms with van der Waals surface area (Å²) in [6.07, 6.45) is 3.95. The first-order chi connectivity index (χ1) is 10.0. The molecule has 110 valence electrons. The molecule has 4 N–H and O–H groups in total. The van der Waals surface area contributed by atoms with Gasteiger partial charge in [0.15, 0.2) is 5.16 Å². The summed E-state index contributed by atoms with van der Waals surface area (Å²) >= 11 is 1.46. The minimum atomic E-state index is -1.17. The summed E-state index contributed by atoms with van der Waals surface area (Å²) in [5, 5.41) is 0.667. The standard InChI is InChI=1S/C15H18N4OS/c1-11-9-18-14(19-10-11)21-8-7-15(17,13(16)20)12-5-3-2-4-6-12/h2-6,9-10H,7-8,17H2,1H3,(H2,16,20). The van der Waals surface area contributed by atoms with Gasteiger partial charge in [-0.2, -0.15) is 0 Å². The molecule has 2 aromatic rings. The lowest BCUT2D eigenvalue weighted by Crippen LogP contribution is -2.49. The highest BCUT2D eigenvalue weighted by Gasteiger charge is 2.33. The van der Waals surface area contributed by atoms with E-state index in [1.165, 1.54) is 11.8 Å². The molecule has 5 nitrogen and oxygen atoms in total. The third-order valence-electron chi connectivity index (χ3n) is 3.21. The van der Waals surface area contributed by atoms with Gasteiger partial charge < -0.3 is 11.5 Å². The number of amides is 1. The largest absolute Gasteiger partial charge is 0.368 e. The Labute approximate surface area is 128 Å². The van der Waals surface area contributed by atoms with Crippen molar-refractivity contribution in [2.75, 3.05) is 5.75 Å². The van der Waals surface area contributed by atoms with Crippen LogP contribution in [-0.2, 0) is 10.3 Å². The van der Waals surface area contributed by atoms with Gasteiger partial charge in [-0.3, -0.25) is 4.79 Å². The topological polar surface area (TPSA) is 94.9 Å². The lowest BCUT2D eigenvalue weighted by Gasteiger charge is -2.26. The zero-order chi connectivity index (χ0) is 15.3. The van der Waals surface area contributed by atoms with Crippen LogP contribution in [0.2, 0.25) is 0 Å². The normalized spacial score (nSPS) is 13.6. The van der Waals surface area contributed by atoms with Crippen molar-refractivity contribution in [1.82, 2.24) is 9.97 Å². The molecule has 1 atom stereocenters. The first-order valence-corrected chi connectivity index (χ1v) is 7.57. The number of nitrogens with two attached hydrogens (primary N) is 2. The number of benzene rings is 1. The Bertz CT molecular complexity index is 603. The highest BCUT2D eigenvalue weighted by atomic mass is 32.2. The summed E-state index contributed by atoms with van der Waals surface area (Å²) in [4.78, 5) is 20.2. The highest BCUT2D eigenvalue weighted by Crippen LogP contribution is 2.25. The van der Waals surface area contributed by atoms with Gasteiger partial charge in [0.1, 0.15) is 5.54 Å². The molecule has 6 heteroatoms. The number of carbonyl (C=O) groups excluding carboxylic acids is 1. The van der Waals surface area contributed by atoms with Crippen molar-refractivity contribution >= 4 is 17.7 Å². The summed E-state index contributed by atoms with van der Waals surface area (Å²) < 4.78 is 0. The van der Waals surface area contributed by atoms with E-state index in [9.17, 15) is 4.79 Å². The lowest BCUT2D eigenvalue weighted by atomic mass is 9.88. The van der Waals surface area contributed by atoms with Crippen LogP contribution in [0.4, 0.5) is 0 Å². The Hall–Kier alpha value is -1.92. The maximum absolute atomic E-state index is 11.8. The molecule has 0 aliphatic heterocycles. The Morgan fingerprint density at radius 3 is 2.43 bits per heavy atom. The van der Waals surface area contributed by atoms with Gasteiger partial charge in [-0.25, -0.2) is 9.97 Å². The van der Waals surface area contributed by atoms with Crippen molar-refractivity contribution in [1.29, 1.82) is 0 Å². The summed E-state index contributed by atoms with van der Waals surface area (Å²) in [7, 11) is 0. The number of aromatic nitrogens is 2. The minimum Gasteiger partial charge on any atom is -0.368 e. The predicted molar refractivity (Wildman–Crippen MR) is 83.6 cm³/mol. The van der Waals surface area contributed by atoms with E-state index < -0.39 is 11.4 Å². The molecule has 1 amide bonds. The van der Waals surface area contributed by atoms with Crippen LogP contribution < -0.4 is 11.5 Å². The van der Waals surface area contributed by atoms with Gasteiger partial charge in [-0.1, -0.05) is 42.1 Å². The van der Waals surface area contributed by atoms with E-state index in [0.717, 1.165) is 11.1 Å². The molecule has 1 aromatic heterocycles. The van der Waals surface area contributed by atoms with Crippen molar-refractivity contribution in [3.63, 3.8) is 0 Å². The molecule has 1 heterocycles. The molecule has 0 saturated carbocycles. The van der Waals surface area contributed by atoms with Crippen LogP contribution in [-0.4, -0.2) is 21.6 Å². The fraction of sp³-hybridized carbons (Fsp3) is 0.267. The van der Waals surface area contributed by atoms with Crippen LogP contribution in [0, 0.1) is 6.92 Å². The highest BCUT2D eigenvalue weighted by molar-refractivity contribution is 7.99. The molecule has 0 fully saturated rings. The van der Waals surface area contributed by atoms with Crippen molar-refractivity contribution in [3.8, 4) is 0 Å². The second-order valence-corrected chi connectivity index (χ2v) is 5.91. The van der Waals surface area contributed by atoms with Crippen molar-refractivity contribution in [3.05, 3.63) is 53.9 Å². The van der Waals surface area contributed by atoms with E-state index in [1.807, 2.05) is 37.3 Å². The van der Waals surface area contributed by atoms with Crippen LogP contribution in [0.1, 0.15) is 17.5 Å². The number of nitrogens with zero attached hydrogens (tertiary/aromatic N) is 2. The quantitative estimate of drug-likeness (QED) is 0.624. The van der Waals surface area contributed by atoms with E-state index in [-0.39, 0.29) is 0 Å². The molecule has 2 rings (SSSR count). The number of rotatable bonds is 6. The molecule has 0 radical (unpaired) electrons. The Kier molecular flexibility index (Phi) is 4.93. The molecule has 0 saturated heterocycles. The van der Waals surface area contributed by atoms with Crippen LogP contribution in [0.25, 0.3) is 0 Å². The van der Waals surface area contributed by atoms with Crippen LogP contribution in [0.3, 0.4) is 0 Å². The first-order valence-electron chi connectivity index (χ1n) is 6.58. The molecule has 0 aliphatic rings. The first kappa shape index (κ1) is 15.5. The van der Waals surface area contributed by atoms with Gasteiger partial charge in [-0.15, -0.1) is 0 Å².